The first-order chi connectivity index (χ1) is 13.5. The number of carbonyl (C=O) groups is 2. The molecule has 1 aromatic heterocycles. The maximum atomic E-state index is 14.0. The van der Waals surface area contributed by atoms with Crippen LogP contribution in [0, 0.1) is 18.3 Å². The number of rotatable bonds is 4. The van der Waals surface area contributed by atoms with E-state index in [2.05, 4.69) is 21.5 Å². The lowest BCUT2D eigenvalue weighted by molar-refractivity contribution is -0.123. The van der Waals surface area contributed by atoms with E-state index in [1.165, 1.54) is 6.20 Å². The van der Waals surface area contributed by atoms with Crippen LogP contribution in [-0.4, -0.2) is 42.2 Å². The fourth-order valence-corrected chi connectivity index (χ4v) is 3.95. The van der Waals surface area contributed by atoms with Crippen molar-refractivity contribution in [2.75, 3.05) is 13.2 Å². The number of terminal acetylenes is 1. The van der Waals surface area contributed by atoms with Crippen LogP contribution >= 0.6 is 0 Å². The Labute approximate surface area is 161 Å². The third-order valence-corrected chi connectivity index (χ3v) is 5.50. The number of amides is 2. The van der Waals surface area contributed by atoms with Crippen molar-refractivity contribution < 1.29 is 18.7 Å². The highest BCUT2D eigenvalue weighted by molar-refractivity contribution is 6.03. The van der Waals surface area contributed by atoms with Gasteiger partial charge in [-0.15, -0.1) is 6.42 Å². The smallest absolute Gasteiger partial charge is 0.255 e. The van der Waals surface area contributed by atoms with Crippen molar-refractivity contribution in [1.29, 1.82) is 0 Å². The molecule has 4 rings (SSSR count). The minimum Gasteiger partial charge on any atom is -0.475 e. The van der Waals surface area contributed by atoms with Gasteiger partial charge in [0.25, 0.3) is 11.8 Å². The number of nitrogens with one attached hydrogen (secondary N) is 2. The molecule has 0 saturated carbocycles. The first-order valence-electron chi connectivity index (χ1n) is 9.31. The molecule has 2 aliphatic heterocycles. The summed E-state index contributed by atoms with van der Waals surface area (Å²) in [6.07, 6.45) is 6.84. The van der Waals surface area contributed by atoms with E-state index in [0.29, 0.717) is 47.2 Å². The van der Waals surface area contributed by atoms with Gasteiger partial charge in [0.2, 0.25) is 5.88 Å². The number of halogens is 1. The Morgan fingerprint density at radius 1 is 1.36 bits per heavy atom. The molecule has 0 aliphatic carbocycles. The van der Waals surface area contributed by atoms with Gasteiger partial charge in [0, 0.05) is 35.0 Å². The lowest BCUT2D eigenvalue weighted by Crippen LogP contribution is -2.35. The van der Waals surface area contributed by atoms with Gasteiger partial charge in [-0.2, -0.15) is 0 Å². The average molecular weight is 381 g/mol. The summed E-state index contributed by atoms with van der Waals surface area (Å²) in [5, 5.41) is 6.88. The second kappa shape index (κ2) is 7.12. The first-order valence-corrected chi connectivity index (χ1v) is 9.31. The number of pyridine rings is 1. The lowest BCUT2D eigenvalue weighted by atomic mass is 9.94. The zero-order valence-electron chi connectivity index (χ0n) is 15.4. The standard InChI is InChI=1S/C21H20FN3O3/c1-3-11-9-24-21(28-10-17-13(4-2)18(22)20(27)25-17)16-7-12-5-6-23-19(26)15(12)8-14(11)16/h1,7-9,13,17-18H,4-6,10H2,2H3,(H,23,26)(H,25,27)/t13-,17+,18-/m0/s1. The van der Waals surface area contributed by atoms with Crippen LogP contribution in [0.2, 0.25) is 0 Å². The van der Waals surface area contributed by atoms with Gasteiger partial charge < -0.3 is 15.4 Å². The van der Waals surface area contributed by atoms with E-state index < -0.39 is 24.0 Å². The van der Waals surface area contributed by atoms with Crippen molar-refractivity contribution in [2.45, 2.75) is 32.0 Å². The number of nitrogens with zero attached hydrogens (tertiary/aromatic N) is 1. The maximum absolute atomic E-state index is 14.0. The van der Waals surface area contributed by atoms with Gasteiger partial charge in [-0.3, -0.25) is 9.59 Å². The molecule has 28 heavy (non-hydrogen) atoms. The van der Waals surface area contributed by atoms with Gasteiger partial charge in [0.1, 0.15) is 6.61 Å². The largest absolute Gasteiger partial charge is 0.475 e. The molecule has 6 nitrogen and oxygen atoms in total. The normalized spacial score (nSPS) is 23.7. The number of hydrogen-bond donors (Lipinski definition) is 2. The highest BCUT2D eigenvalue weighted by Crippen LogP contribution is 2.31. The van der Waals surface area contributed by atoms with Crippen molar-refractivity contribution in [3.05, 3.63) is 35.0 Å². The van der Waals surface area contributed by atoms with Crippen LogP contribution in [0.15, 0.2) is 18.3 Å². The SMILES string of the molecule is C#Cc1cnc(OC[C@H]2NC(=O)[C@@H](F)[C@H]2CC)c2cc3c(cc12)C(=O)NCC3. The molecule has 144 valence electrons. The monoisotopic (exact) mass is 381 g/mol. The second-order valence-corrected chi connectivity index (χ2v) is 7.08. The van der Waals surface area contributed by atoms with Gasteiger partial charge in [0.05, 0.1) is 11.6 Å². The summed E-state index contributed by atoms with van der Waals surface area (Å²) in [6.45, 7) is 2.52. The minimum atomic E-state index is -1.52. The minimum absolute atomic E-state index is 0.111. The van der Waals surface area contributed by atoms with E-state index in [0.717, 1.165) is 5.56 Å². The van der Waals surface area contributed by atoms with E-state index in [9.17, 15) is 14.0 Å². The molecule has 1 aromatic carbocycles. The highest BCUT2D eigenvalue weighted by atomic mass is 19.1. The zero-order chi connectivity index (χ0) is 19.8. The van der Waals surface area contributed by atoms with Crippen molar-refractivity contribution in [3.8, 4) is 18.2 Å². The summed E-state index contributed by atoms with van der Waals surface area (Å²) < 4.78 is 19.9. The highest BCUT2D eigenvalue weighted by Gasteiger charge is 2.41. The lowest BCUT2D eigenvalue weighted by Gasteiger charge is -2.20. The molecule has 0 radical (unpaired) electrons. The van der Waals surface area contributed by atoms with Gasteiger partial charge in [-0.1, -0.05) is 12.8 Å². The van der Waals surface area contributed by atoms with E-state index >= 15 is 0 Å². The Kier molecular flexibility index (Phi) is 4.63. The molecule has 0 bridgehead atoms. The molecule has 7 heteroatoms. The number of aromatic nitrogens is 1. The Morgan fingerprint density at radius 2 is 2.18 bits per heavy atom. The zero-order valence-corrected chi connectivity index (χ0v) is 15.4. The van der Waals surface area contributed by atoms with Crippen LogP contribution in [0.5, 0.6) is 5.88 Å². The molecule has 2 aliphatic rings. The third-order valence-electron chi connectivity index (χ3n) is 5.50. The van der Waals surface area contributed by atoms with Crippen molar-refractivity contribution in [1.82, 2.24) is 15.6 Å². The molecule has 1 saturated heterocycles. The van der Waals surface area contributed by atoms with Crippen LogP contribution in [0.1, 0.15) is 34.8 Å². The fourth-order valence-electron chi connectivity index (χ4n) is 3.95. The molecule has 0 unspecified atom stereocenters. The molecular formula is C21H20FN3O3. The van der Waals surface area contributed by atoms with Gasteiger partial charge in [0.15, 0.2) is 6.17 Å². The number of ether oxygens (including phenoxy) is 1. The molecule has 3 heterocycles. The molecule has 1 fully saturated rings. The topological polar surface area (TPSA) is 80.3 Å². The molecule has 2 N–H and O–H groups in total. The summed E-state index contributed by atoms with van der Waals surface area (Å²) in [5.74, 6) is 1.79. The Bertz CT molecular complexity index is 1010. The van der Waals surface area contributed by atoms with Crippen LogP contribution in [0.3, 0.4) is 0 Å². The number of alkyl halides is 1. The summed E-state index contributed by atoms with van der Waals surface area (Å²) in [6, 6.07) is 3.24. The van der Waals surface area contributed by atoms with Crippen LogP contribution in [0.4, 0.5) is 4.39 Å². The van der Waals surface area contributed by atoms with Crippen LogP contribution < -0.4 is 15.4 Å². The molecule has 2 aromatic rings. The third kappa shape index (κ3) is 2.95. The molecule has 3 atom stereocenters. The Balaban J connectivity index is 1.69. The van der Waals surface area contributed by atoms with Gasteiger partial charge >= 0.3 is 0 Å². The summed E-state index contributed by atoms with van der Waals surface area (Å²) in [4.78, 5) is 28.1. The number of hydrogen-bond acceptors (Lipinski definition) is 4. The maximum Gasteiger partial charge on any atom is 0.255 e. The first kappa shape index (κ1) is 18.2. The fraction of sp³-hybridized carbons (Fsp3) is 0.381. The summed E-state index contributed by atoms with van der Waals surface area (Å²) in [5.41, 5.74) is 2.07. The Hall–Kier alpha value is -3.14. The van der Waals surface area contributed by atoms with E-state index in [1.54, 1.807) is 6.07 Å². The second-order valence-electron chi connectivity index (χ2n) is 7.08. The van der Waals surface area contributed by atoms with Gasteiger partial charge in [-0.25, -0.2) is 9.37 Å². The molecule has 0 spiro atoms. The summed E-state index contributed by atoms with van der Waals surface area (Å²) in [7, 11) is 0. The van der Waals surface area contributed by atoms with E-state index in [4.69, 9.17) is 11.2 Å². The van der Waals surface area contributed by atoms with Crippen LogP contribution in [0.25, 0.3) is 10.8 Å². The number of fused-ring (bicyclic) bond motifs is 2. The van der Waals surface area contributed by atoms with Crippen molar-refractivity contribution >= 4 is 22.6 Å². The predicted octanol–water partition coefficient (Wildman–Crippen LogP) is 1.74. The van der Waals surface area contributed by atoms with Crippen molar-refractivity contribution in [2.24, 2.45) is 5.92 Å². The number of benzene rings is 1. The van der Waals surface area contributed by atoms with E-state index in [1.807, 2.05) is 13.0 Å². The molecule has 2 amide bonds. The average Bonchev–Trinajstić information content (AvgIpc) is 2.98. The van der Waals surface area contributed by atoms with Gasteiger partial charge in [-0.05, 0) is 30.5 Å². The predicted molar refractivity (Wildman–Crippen MR) is 102 cm³/mol. The summed E-state index contributed by atoms with van der Waals surface area (Å²) >= 11 is 0. The quantitative estimate of drug-likeness (QED) is 0.791. The van der Waals surface area contributed by atoms with E-state index in [-0.39, 0.29) is 12.5 Å². The number of carbonyl (C=O) groups excluding carboxylic acids is 2. The Morgan fingerprint density at radius 3 is 2.93 bits per heavy atom. The van der Waals surface area contributed by atoms with Crippen molar-refractivity contribution in [3.63, 3.8) is 0 Å². The molecular weight excluding hydrogens is 361 g/mol. The van der Waals surface area contributed by atoms with Crippen LogP contribution in [-0.2, 0) is 11.2 Å².